The van der Waals surface area contributed by atoms with E-state index in [1.807, 2.05) is 18.2 Å². The molecule has 0 spiro atoms. The summed E-state index contributed by atoms with van der Waals surface area (Å²) in [7, 11) is 1.67. The number of benzene rings is 2. The van der Waals surface area contributed by atoms with Gasteiger partial charge in [-0.3, -0.25) is 24.6 Å². The van der Waals surface area contributed by atoms with Gasteiger partial charge in [-0.25, -0.2) is 4.39 Å². The number of imide groups is 1. The summed E-state index contributed by atoms with van der Waals surface area (Å²) in [6.45, 7) is 3.95. The first-order chi connectivity index (χ1) is 16.4. The van der Waals surface area contributed by atoms with Crippen molar-refractivity contribution in [3.63, 3.8) is 0 Å². The van der Waals surface area contributed by atoms with Crippen LogP contribution in [-0.2, 0) is 22.7 Å². The van der Waals surface area contributed by atoms with Crippen molar-refractivity contribution in [2.24, 2.45) is 0 Å². The number of anilines is 1. The maximum absolute atomic E-state index is 14.5. The highest BCUT2D eigenvalue weighted by atomic mass is 19.1. The lowest BCUT2D eigenvalue weighted by molar-refractivity contribution is -0.136. The first kappa shape index (κ1) is 22.3. The molecule has 1 atom stereocenters. The molecule has 9 heteroatoms. The Bertz CT molecular complexity index is 1150. The number of piperazine rings is 1. The third-order valence-corrected chi connectivity index (χ3v) is 6.90. The number of hydrogen-bond acceptors (Lipinski definition) is 6. The van der Waals surface area contributed by atoms with Crippen molar-refractivity contribution >= 4 is 23.4 Å². The second-order valence-corrected chi connectivity index (χ2v) is 8.93. The van der Waals surface area contributed by atoms with Gasteiger partial charge < -0.3 is 14.5 Å². The molecule has 178 valence electrons. The zero-order valence-electron chi connectivity index (χ0n) is 19.1. The van der Waals surface area contributed by atoms with Crippen molar-refractivity contribution in [3.05, 3.63) is 58.9 Å². The fraction of sp³-hybridized carbons (Fsp3) is 0.400. The fourth-order valence-electron chi connectivity index (χ4n) is 5.11. The normalized spacial score (nSPS) is 21.0. The van der Waals surface area contributed by atoms with Crippen LogP contribution in [0.4, 0.5) is 10.1 Å². The van der Waals surface area contributed by atoms with Crippen molar-refractivity contribution < 1.29 is 23.5 Å². The van der Waals surface area contributed by atoms with Crippen LogP contribution in [-0.4, -0.2) is 66.9 Å². The zero-order valence-corrected chi connectivity index (χ0v) is 19.1. The lowest BCUT2D eigenvalue weighted by Crippen LogP contribution is -2.52. The van der Waals surface area contributed by atoms with E-state index in [4.69, 9.17) is 4.74 Å². The molecule has 3 aliphatic rings. The van der Waals surface area contributed by atoms with Crippen LogP contribution in [0.5, 0.6) is 5.75 Å². The first-order valence-corrected chi connectivity index (χ1v) is 11.5. The maximum atomic E-state index is 14.5. The number of methoxy groups -OCH3 is 1. The number of hydrogen-bond donors (Lipinski definition) is 1. The van der Waals surface area contributed by atoms with Gasteiger partial charge in [0, 0.05) is 68.1 Å². The molecule has 1 unspecified atom stereocenters. The Morgan fingerprint density at radius 1 is 1.09 bits per heavy atom. The molecular formula is C25H27FN4O4. The van der Waals surface area contributed by atoms with E-state index < -0.39 is 17.8 Å². The van der Waals surface area contributed by atoms with Gasteiger partial charge in [0.15, 0.2) is 0 Å². The van der Waals surface area contributed by atoms with Gasteiger partial charge in [-0.15, -0.1) is 0 Å². The summed E-state index contributed by atoms with van der Waals surface area (Å²) in [6, 6.07) is 9.97. The number of nitrogens with one attached hydrogen (secondary N) is 1. The summed E-state index contributed by atoms with van der Waals surface area (Å²) in [5.41, 5.74) is 2.87. The van der Waals surface area contributed by atoms with Crippen LogP contribution in [0, 0.1) is 5.82 Å². The molecule has 2 saturated heterocycles. The van der Waals surface area contributed by atoms with E-state index in [1.54, 1.807) is 7.11 Å². The molecule has 5 rings (SSSR count). The number of para-hydroxylation sites is 1. The molecule has 1 N–H and O–H groups in total. The minimum Gasteiger partial charge on any atom is -0.496 e. The standard InChI is InChI=1S/C25H27FN4O4/c1-34-22-5-3-2-4-16(22)14-28-8-10-29(11-9-28)21-13-17(26)12-18-19(21)15-30(25(18)33)20-6-7-23(31)27-24(20)32/h2-5,12-13,20H,6-11,14-15H2,1H3,(H,27,31,32). The highest BCUT2D eigenvalue weighted by molar-refractivity contribution is 6.06. The molecule has 8 nitrogen and oxygen atoms in total. The Balaban J connectivity index is 1.31. The van der Waals surface area contributed by atoms with Gasteiger partial charge in [0.1, 0.15) is 17.6 Å². The van der Waals surface area contributed by atoms with Gasteiger partial charge in [-0.05, 0) is 24.6 Å². The van der Waals surface area contributed by atoms with Gasteiger partial charge in [-0.2, -0.15) is 0 Å². The van der Waals surface area contributed by atoms with Gasteiger partial charge in [0.05, 0.1) is 7.11 Å². The number of carbonyl (C=O) groups excluding carboxylic acids is 3. The topological polar surface area (TPSA) is 82.2 Å². The molecule has 2 aromatic rings. The van der Waals surface area contributed by atoms with Crippen molar-refractivity contribution in [3.8, 4) is 5.75 Å². The number of ether oxygens (including phenoxy) is 1. The molecule has 34 heavy (non-hydrogen) atoms. The van der Waals surface area contributed by atoms with E-state index in [9.17, 15) is 18.8 Å². The Morgan fingerprint density at radius 2 is 1.85 bits per heavy atom. The smallest absolute Gasteiger partial charge is 0.255 e. The maximum Gasteiger partial charge on any atom is 0.255 e. The molecule has 0 radical (unpaired) electrons. The van der Waals surface area contributed by atoms with E-state index in [2.05, 4.69) is 21.2 Å². The largest absolute Gasteiger partial charge is 0.496 e. The highest BCUT2D eigenvalue weighted by Crippen LogP contribution is 2.35. The molecule has 0 saturated carbocycles. The van der Waals surface area contributed by atoms with Crippen LogP contribution in [0.2, 0.25) is 0 Å². The molecule has 2 fully saturated rings. The van der Waals surface area contributed by atoms with E-state index in [0.717, 1.165) is 36.5 Å². The minimum atomic E-state index is -0.716. The van der Waals surface area contributed by atoms with E-state index in [0.29, 0.717) is 24.3 Å². The van der Waals surface area contributed by atoms with Crippen molar-refractivity contribution in [2.45, 2.75) is 32.0 Å². The Morgan fingerprint density at radius 3 is 2.59 bits per heavy atom. The Labute approximate surface area is 197 Å². The van der Waals surface area contributed by atoms with Gasteiger partial charge in [0.25, 0.3) is 5.91 Å². The van der Waals surface area contributed by atoms with Gasteiger partial charge >= 0.3 is 0 Å². The van der Waals surface area contributed by atoms with E-state index in [1.165, 1.54) is 17.0 Å². The van der Waals surface area contributed by atoms with Gasteiger partial charge in [0.2, 0.25) is 11.8 Å². The first-order valence-electron chi connectivity index (χ1n) is 11.5. The number of piperidine rings is 1. The second-order valence-electron chi connectivity index (χ2n) is 8.93. The minimum absolute atomic E-state index is 0.186. The molecule has 3 amide bonds. The monoisotopic (exact) mass is 466 g/mol. The predicted octanol–water partition coefficient (Wildman–Crippen LogP) is 1.92. The third kappa shape index (κ3) is 4.11. The van der Waals surface area contributed by atoms with Crippen molar-refractivity contribution in [1.82, 2.24) is 15.1 Å². The second kappa shape index (κ2) is 9.06. The average molecular weight is 467 g/mol. The average Bonchev–Trinajstić information content (AvgIpc) is 3.15. The summed E-state index contributed by atoms with van der Waals surface area (Å²) < 4.78 is 20.0. The van der Waals surface area contributed by atoms with Crippen LogP contribution in [0.3, 0.4) is 0 Å². The number of rotatable bonds is 5. The Hall–Kier alpha value is -3.46. The number of fused-ring (bicyclic) bond motifs is 1. The molecule has 0 aromatic heterocycles. The SMILES string of the molecule is COc1ccccc1CN1CCN(c2cc(F)cc3c2CN(C2CCC(=O)NC2=O)C3=O)CC1. The van der Waals surface area contributed by atoms with Crippen LogP contribution >= 0.6 is 0 Å². The molecule has 0 bridgehead atoms. The number of carbonyl (C=O) groups is 3. The number of halogens is 1. The third-order valence-electron chi connectivity index (χ3n) is 6.90. The summed E-state index contributed by atoms with van der Waals surface area (Å²) in [5, 5.41) is 2.31. The quantitative estimate of drug-likeness (QED) is 0.678. The molecular weight excluding hydrogens is 439 g/mol. The molecule has 3 aliphatic heterocycles. The van der Waals surface area contributed by atoms with Crippen LogP contribution in [0.15, 0.2) is 36.4 Å². The van der Waals surface area contributed by atoms with Crippen LogP contribution in [0.25, 0.3) is 0 Å². The summed E-state index contributed by atoms with van der Waals surface area (Å²) >= 11 is 0. The molecule has 0 aliphatic carbocycles. The Kier molecular flexibility index (Phi) is 5.95. The van der Waals surface area contributed by atoms with Gasteiger partial charge in [-0.1, -0.05) is 18.2 Å². The lowest BCUT2D eigenvalue weighted by atomic mass is 10.0. The van der Waals surface area contributed by atoms with E-state index in [-0.39, 0.29) is 31.2 Å². The predicted molar refractivity (Wildman–Crippen MR) is 123 cm³/mol. The number of nitrogens with zero attached hydrogens (tertiary/aromatic N) is 3. The number of amides is 3. The lowest BCUT2D eigenvalue weighted by Gasteiger charge is -2.37. The molecule has 3 heterocycles. The zero-order chi connectivity index (χ0) is 23.8. The highest BCUT2D eigenvalue weighted by Gasteiger charge is 2.41. The van der Waals surface area contributed by atoms with Crippen molar-refractivity contribution in [2.75, 3.05) is 38.2 Å². The summed E-state index contributed by atoms with van der Waals surface area (Å²) in [4.78, 5) is 42.9. The molecule has 2 aromatic carbocycles. The summed E-state index contributed by atoms with van der Waals surface area (Å²) in [6.07, 6.45) is 0.468. The van der Waals surface area contributed by atoms with E-state index >= 15 is 0 Å². The van der Waals surface area contributed by atoms with Crippen molar-refractivity contribution in [1.29, 1.82) is 0 Å². The van der Waals surface area contributed by atoms with Crippen LogP contribution in [0.1, 0.15) is 34.3 Å². The fourth-order valence-corrected chi connectivity index (χ4v) is 5.11. The summed E-state index contributed by atoms with van der Waals surface area (Å²) in [5.74, 6) is -0.767. The van der Waals surface area contributed by atoms with Crippen LogP contribution < -0.4 is 15.0 Å².